The van der Waals surface area contributed by atoms with Gasteiger partial charge in [-0.25, -0.2) is 4.57 Å². The maximum absolute atomic E-state index is 12.6. The molecule has 0 saturated carbocycles. The minimum absolute atomic E-state index is 0.0133. The molecule has 1 aromatic rings. The van der Waals surface area contributed by atoms with Gasteiger partial charge in [0.1, 0.15) is 18.1 Å². The summed E-state index contributed by atoms with van der Waals surface area (Å²) in [5.41, 5.74) is 7.85. The van der Waals surface area contributed by atoms with Crippen LogP contribution < -0.4 is 5.73 Å². The molecular formula is C43H70NO12P. The third kappa shape index (κ3) is 25.8. The van der Waals surface area contributed by atoms with Gasteiger partial charge in [0.25, 0.3) is 0 Å². The zero-order valence-corrected chi connectivity index (χ0v) is 35.5. The Morgan fingerprint density at radius 3 is 2.05 bits per heavy atom. The molecule has 0 aliphatic rings. The van der Waals surface area contributed by atoms with Crippen molar-refractivity contribution >= 4 is 19.8 Å². The van der Waals surface area contributed by atoms with E-state index >= 15 is 0 Å². The summed E-state index contributed by atoms with van der Waals surface area (Å²) < 4.78 is 38.6. The van der Waals surface area contributed by atoms with Crippen LogP contribution in [0.2, 0.25) is 0 Å². The van der Waals surface area contributed by atoms with Gasteiger partial charge in [0.2, 0.25) is 0 Å². The van der Waals surface area contributed by atoms with Gasteiger partial charge in [0.05, 0.1) is 31.5 Å². The molecule has 6 N–H and O–H groups in total. The van der Waals surface area contributed by atoms with Crippen molar-refractivity contribution in [1.82, 2.24) is 0 Å². The maximum Gasteiger partial charge on any atom is 0.472 e. The first-order valence-electron chi connectivity index (χ1n) is 20.5. The predicted molar refractivity (Wildman–Crippen MR) is 222 cm³/mol. The molecule has 57 heavy (non-hydrogen) atoms. The number of aryl methyl sites for hydroxylation is 2. The fraction of sp³-hybridized carbons (Fsp3) is 0.628. The van der Waals surface area contributed by atoms with E-state index in [9.17, 15) is 34.4 Å². The first-order chi connectivity index (χ1) is 27.3. The number of hydrogen-bond acceptors (Lipinski definition) is 12. The van der Waals surface area contributed by atoms with Crippen LogP contribution >= 0.6 is 7.82 Å². The number of unbranched alkanes of at least 4 members (excludes halogenated alkanes) is 5. The van der Waals surface area contributed by atoms with Gasteiger partial charge >= 0.3 is 19.8 Å². The zero-order chi connectivity index (χ0) is 42.3. The van der Waals surface area contributed by atoms with Crippen molar-refractivity contribution in [2.24, 2.45) is 5.73 Å². The van der Waals surface area contributed by atoms with Crippen LogP contribution in [0.1, 0.15) is 120 Å². The summed E-state index contributed by atoms with van der Waals surface area (Å²) in [4.78, 5) is 35.0. The highest BCUT2D eigenvalue weighted by Crippen LogP contribution is 2.43. The number of allylic oxidation sites excluding steroid dienone is 7. The lowest BCUT2D eigenvalue weighted by Gasteiger charge is -2.20. The molecule has 1 aromatic heterocycles. The lowest BCUT2D eigenvalue weighted by atomic mass is 10.0. The molecule has 0 bridgehead atoms. The fourth-order valence-corrected chi connectivity index (χ4v) is 6.32. The van der Waals surface area contributed by atoms with Gasteiger partial charge in [0.15, 0.2) is 6.10 Å². The van der Waals surface area contributed by atoms with E-state index in [0.29, 0.717) is 12.8 Å². The standard InChI is InChI=1S/C43H70NO12P/c1-5-7-16-23-36(45)24-17-12-8-9-13-18-25-38(46)39(47)26-21-29-43(49)55-37(33-54-57(50,51)53-31-30-44)32-52-42(48)28-20-15-11-10-14-19-27-41-35(4)34(3)40(56-41)22-6-2/h7-9,12-13,16-18,24-25,36-39,45-47H,5-6,10-11,14-15,19-23,26-33,44H2,1-4H3,(H,50,51)/b12-8+,13-9-,16-7-,24-17+,25-18-/t36-,37+,38+,39+/m0/s1. The molecule has 0 spiro atoms. The van der Waals surface area contributed by atoms with Crippen molar-refractivity contribution < 1.29 is 57.3 Å². The normalized spacial score (nSPS) is 15.6. The number of aliphatic hydroxyl groups excluding tert-OH is 3. The summed E-state index contributed by atoms with van der Waals surface area (Å²) >= 11 is 0. The minimum Gasteiger partial charge on any atom is -0.466 e. The lowest BCUT2D eigenvalue weighted by Crippen LogP contribution is -2.30. The maximum atomic E-state index is 12.6. The van der Waals surface area contributed by atoms with Crippen molar-refractivity contribution in [2.75, 3.05) is 26.4 Å². The number of esters is 2. The largest absolute Gasteiger partial charge is 0.472 e. The molecule has 0 aliphatic heterocycles. The molecule has 13 nitrogen and oxygen atoms in total. The predicted octanol–water partition coefficient (Wildman–Crippen LogP) is 7.50. The number of hydrogen-bond donors (Lipinski definition) is 5. The number of phosphoric ester groups is 1. The van der Waals surface area contributed by atoms with Crippen LogP contribution in [-0.4, -0.2) is 82.9 Å². The summed E-state index contributed by atoms with van der Waals surface area (Å²) in [6.07, 6.45) is 23.6. The third-order valence-corrected chi connectivity index (χ3v) is 9.92. The molecular weight excluding hydrogens is 753 g/mol. The number of furan rings is 1. The Balaban J connectivity index is 2.45. The summed E-state index contributed by atoms with van der Waals surface area (Å²) in [5.74, 6) is 0.983. The van der Waals surface area contributed by atoms with E-state index in [1.807, 2.05) is 19.1 Å². The Morgan fingerprint density at radius 2 is 1.39 bits per heavy atom. The molecule has 1 rings (SSSR count). The van der Waals surface area contributed by atoms with Crippen molar-refractivity contribution in [3.8, 4) is 0 Å². The number of ether oxygens (including phenoxy) is 2. The fourth-order valence-electron chi connectivity index (χ4n) is 5.55. The molecule has 324 valence electrons. The molecule has 0 amide bonds. The van der Waals surface area contributed by atoms with Crippen LogP contribution in [-0.2, 0) is 45.5 Å². The summed E-state index contributed by atoms with van der Waals surface area (Å²) in [7, 11) is -4.49. The number of rotatable bonds is 33. The zero-order valence-electron chi connectivity index (χ0n) is 34.6. The number of nitrogens with two attached hydrogens (primary N) is 1. The van der Waals surface area contributed by atoms with Crippen molar-refractivity contribution in [3.05, 3.63) is 83.4 Å². The number of phosphoric acid groups is 1. The molecule has 14 heteroatoms. The average molecular weight is 824 g/mol. The van der Waals surface area contributed by atoms with Crippen LogP contribution in [0.5, 0.6) is 0 Å². The number of aliphatic hydroxyl groups is 3. The summed E-state index contributed by atoms with van der Waals surface area (Å²) in [6.45, 7) is 7.22. The second-order valence-electron chi connectivity index (χ2n) is 13.9. The minimum atomic E-state index is -4.49. The van der Waals surface area contributed by atoms with Crippen molar-refractivity contribution in [1.29, 1.82) is 0 Å². The van der Waals surface area contributed by atoms with Crippen molar-refractivity contribution in [3.63, 3.8) is 0 Å². The van der Waals surface area contributed by atoms with Crippen LogP contribution in [0.3, 0.4) is 0 Å². The highest BCUT2D eigenvalue weighted by Gasteiger charge is 2.26. The summed E-state index contributed by atoms with van der Waals surface area (Å²) in [6, 6.07) is 0. The van der Waals surface area contributed by atoms with Gasteiger partial charge in [-0.2, -0.15) is 0 Å². The highest BCUT2D eigenvalue weighted by atomic mass is 31.2. The van der Waals surface area contributed by atoms with E-state index in [0.717, 1.165) is 69.3 Å². The molecule has 0 saturated heterocycles. The SMILES string of the molecule is CC/C=C\C[C@H](O)/C=C/C=C/C=C\C=C/[C@@H](O)[C@H](O)CCCC(=O)O[C@H](COC(=O)CCCCCCCCc1oc(CCC)c(C)c1C)COP(=O)(O)OCCN. The second-order valence-corrected chi connectivity index (χ2v) is 15.4. The molecule has 1 heterocycles. The Morgan fingerprint density at radius 1 is 0.772 bits per heavy atom. The topological polar surface area (TPSA) is 208 Å². The first kappa shape index (κ1) is 51.9. The van der Waals surface area contributed by atoms with Crippen molar-refractivity contribution in [2.45, 2.75) is 148 Å². The van der Waals surface area contributed by atoms with Crippen LogP contribution in [0.15, 0.2) is 65.2 Å². The lowest BCUT2D eigenvalue weighted by molar-refractivity contribution is -0.161. The highest BCUT2D eigenvalue weighted by molar-refractivity contribution is 7.47. The smallest absolute Gasteiger partial charge is 0.466 e. The Hall–Kier alpha value is -3.13. The first-order valence-corrected chi connectivity index (χ1v) is 21.9. The monoisotopic (exact) mass is 823 g/mol. The van der Waals surface area contributed by atoms with E-state index in [1.54, 1.807) is 42.5 Å². The molecule has 0 aliphatic carbocycles. The molecule has 0 fully saturated rings. The van der Waals surface area contributed by atoms with E-state index < -0.39 is 57.4 Å². The molecule has 0 aromatic carbocycles. The second kappa shape index (κ2) is 31.8. The Bertz CT molecular complexity index is 1450. The van der Waals surface area contributed by atoms with Gasteiger partial charge in [0, 0.05) is 32.2 Å². The van der Waals surface area contributed by atoms with Crippen LogP contribution in [0.25, 0.3) is 0 Å². The molecule has 1 unspecified atom stereocenters. The number of carbonyl (C=O) groups is 2. The quantitative estimate of drug-likeness (QED) is 0.0153. The molecule has 0 radical (unpaired) electrons. The van der Waals surface area contributed by atoms with Gasteiger partial charge in [-0.15, -0.1) is 0 Å². The van der Waals surface area contributed by atoms with Gasteiger partial charge < -0.3 is 39.8 Å². The van der Waals surface area contributed by atoms with Crippen LogP contribution in [0, 0.1) is 13.8 Å². The Kier molecular flexibility index (Phi) is 29.0. The Labute approximate surface area is 340 Å². The summed E-state index contributed by atoms with van der Waals surface area (Å²) in [5, 5.41) is 30.4. The van der Waals surface area contributed by atoms with E-state index in [2.05, 4.69) is 20.8 Å². The van der Waals surface area contributed by atoms with Gasteiger partial charge in [-0.05, 0) is 69.9 Å². The molecule has 5 atom stereocenters. The van der Waals surface area contributed by atoms with Gasteiger partial charge in [-0.1, -0.05) is 100 Å². The van der Waals surface area contributed by atoms with E-state index in [1.165, 1.54) is 17.2 Å². The third-order valence-electron chi connectivity index (χ3n) is 8.93. The van der Waals surface area contributed by atoms with Gasteiger partial charge in [-0.3, -0.25) is 18.6 Å². The average Bonchev–Trinajstić information content (AvgIpc) is 3.44. The van der Waals surface area contributed by atoms with Crippen LogP contribution in [0.4, 0.5) is 0 Å². The van der Waals surface area contributed by atoms with E-state index in [-0.39, 0.29) is 38.8 Å². The number of carbonyl (C=O) groups excluding carboxylic acids is 2. The van der Waals surface area contributed by atoms with E-state index in [4.69, 9.17) is 28.7 Å².